The van der Waals surface area contributed by atoms with Gasteiger partial charge in [0, 0.05) is 18.8 Å². The average Bonchev–Trinajstić information content (AvgIpc) is 3.09. The molecule has 0 radical (unpaired) electrons. The van der Waals surface area contributed by atoms with Crippen molar-refractivity contribution in [3.63, 3.8) is 0 Å². The van der Waals surface area contributed by atoms with Crippen molar-refractivity contribution >= 4 is 32.4 Å². The Hall–Kier alpha value is -2.90. The van der Waals surface area contributed by atoms with Crippen LogP contribution in [0.25, 0.3) is 10.8 Å². The Morgan fingerprint density at radius 3 is 2.25 bits per heavy atom. The second kappa shape index (κ2) is 9.71. The molecule has 1 aliphatic heterocycles. The van der Waals surface area contributed by atoms with Gasteiger partial charge in [0.05, 0.1) is 4.90 Å². The highest BCUT2D eigenvalue weighted by atomic mass is 32.2. The summed E-state index contributed by atoms with van der Waals surface area (Å²) in [5.74, 6) is 0.312. The molecule has 7 heteroatoms. The van der Waals surface area contributed by atoms with Crippen LogP contribution in [0.5, 0.6) is 5.75 Å². The van der Waals surface area contributed by atoms with E-state index in [1.165, 1.54) is 0 Å². The summed E-state index contributed by atoms with van der Waals surface area (Å²) >= 11 is 0. The van der Waals surface area contributed by atoms with Gasteiger partial charge in [-0.1, -0.05) is 43.2 Å². The molecule has 1 unspecified atom stereocenters. The number of nitrogens with one attached hydrogen (secondary N) is 1. The molecule has 1 heterocycles. The van der Waals surface area contributed by atoms with Crippen LogP contribution in [0.15, 0.2) is 71.6 Å². The number of hydrogen-bond donors (Lipinski definition) is 1. The lowest BCUT2D eigenvalue weighted by Gasteiger charge is -2.20. The van der Waals surface area contributed by atoms with Crippen LogP contribution in [0.1, 0.15) is 32.6 Å². The Kier molecular flexibility index (Phi) is 6.77. The van der Waals surface area contributed by atoms with Gasteiger partial charge in [-0.25, -0.2) is 8.42 Å². The van der Waals surface area contributed by atoms with Crippen molar-refractivity contribution in [1.82, 2.24) is 4.31 Å². The Labute approximate surface area is 189 Å². The third-order valence-corrected chi connectivity index (χ3v) is 7.64. The normalized spacial score (nSPS) is 16.3. The molecule has 168 valence electrons. The van der Waals surface area contributed by atoms with Gasteiger partial charge in [0.25, 0.3) is 5.91 Å². The van der Waals surface area contributed by atoms with Crippen molar-refractivity contribution in [2.24, 2.45) is 0 Å². The third-order valence-electron chi connectivity index (χ3n) is 5.73. The van der Waals surface area contributed by atoms with E-state index in [1.54, 1.807) is 35.5 Å². The SMILES string of the molecule is CC(Oc1ccc2ccccc2c1)C(=O)Nc1ccc(S(=O)(=O)N2CCCCCC2)cc1. The van der Waals surface area contributed by atoms with Gasteiger partial charge in [-0.3, -0.25) is 4.79 Å². The van der Waals surface area contributed by atoms with Crippen LogP contribution >= 0.6 is 0 Å². The van der Waals surface area contributed by atoms with Gasteiger partial charge < -0.3 is 10.1 Å². The minimum absolute atomic E-state index is 0.248. The number of carbonyl (C=O) groups excluding carboxylic acids is 1. The number of anilines is 1. The van der Waals surface area contributed by atoms with Gasteiger partial charge in [-0.15, -0.1) is 0 Å². The fourth-order valence-corrected chi connectivity index (χ4v) is 5.40. The van der Waals surface area contributed by atoms with Crippen LogP contribution in [-0.4, -0.2) is 37.8 Å². The maximum absolute atomic E-state index is 12.9. The highest BCUT2D eigenvalue weighted by molar-refractivity contribution is 7.89. The summed E-state index contributed by atoms with van der Waals surface area (Å²) in [5, 5.41) is 4.94. The van der Waals surface area contributed by atoms with Crippen molar-refractivity contribution in [1.29, 1.82) is 0 Å². The van der Waals surface area contributed by atoms with Crippen molar-refractivity contribution in [2.75, 3.05) is 18.4 Å². The molecule has 0 aromatic heterocycles. The molecule has 1 amide bonds. The predicted octanol–water partition coefficient (Wildman–Crippen LogP) is 4.81. The third kappa shape index (κ3) is 5.11. The van der Waals surface area contributed by atoms with Crippen LogP contribution in [0, 0.1) is 0 Å². The second-order valence-corrected chi connectivity index (χ2v) is 10.0. The Morgan fingerprint density at radius 1 is 0.906 bits per heavy atom. The highest BCUT2D eigenvalue weighted by Gasteiger charge is 2.25. The zero-order chi connectivity index (χ0) is 22.6. The van der Waals surface area contributed by atoms with E-state index in [0.717, 1.165) is 36.5 Å². The number of fused-ring (bicyclic) bond motifs is 1. The largest absolute Gasteiger partial charge is 0.481 e. The van der Waals surface area contributed by atoms with Gasteiger partial charge in [-0.05, 0) is 66.9 Å². The zero-order valence-corrected chi connectivity index (χ0v) is 19.0. The standard InChI is InChI=1S/C25H28N2O4S/c1-19(31-23-13-10-20-8-4-5-9-21(20)18-23)25(28)26-22-11-14-24(15-12-22)32(29,30)27-16-6-2-3-7-17-27/h4-5,8-15,18-19H,2-3,6-7,16-17H2,1H3,(H,26,28). The van der Waals surface area contributed by atoms with E-state index >= 15 is 0 Å². The lowest BCUT2D eigenvalue weighted by Crippen LogP contribution is -2.32. The van der Waals surface area contributed by atoms with Gasteiger partial charge in [0.15, 0.2) is 6.10 Å². The number of ether oxygens (including phenoxy) is 1. The maximum Gasteiger partial charge on any atom is 0.265 e. The van der Waals surface area contributed by atoms with E-state index in [4.69, 9.17) is 4.74 Å². The summed E-state index contributed by atoms with van der Waals surface area (Å²) in [7, 11) is -3.51. The topological polar surface area (TPSA) is 75.7 Å². The second-order valence-electron chi connectivity index (χ2n) is 8.10. The van der Waals surface area contributed by atoms with E-state index in [2.05, 4.69) is 5.32 Å². The first-order chi connectivity index (χ1) is 15.4. The van der Waals surface area contributed by atoms with E-state index in [1.807, 2.05) is 42.5 Å². The molecule has 6 nitrogen and oxygen atoms in total. The minimum Gasteiger partial charge on any atom is -0.481 e. The zero-order valence-electron chi connectivity index (χ0n) is 18.2. The first-order valence-electron chi connectivity index (χ1n) is 11.0. The van der Waals surface area contributed by atoms with E-state index in [9.17, 15) is 13.2 Å². The molecular weight excluding hydrogens is 424 g/mol. The molecule has 32 heavy (non-hydrogen) atoms. The van der Waals surface area contributed by atoms with Crippen LogP contribution in [0.2, 0.25) is 0 Å². The van der Waals surface area contributed by atoms with Crippen molar-refractivity contribution in [3.05, 3.63) is 66.7 Å². The molecule has 0 aliphatic carbocycles. The van der Waals surface area contributed by atoms with Crippen LogP contribution in [-0.2, 0) is 14.8 Å². The average molecular weight is 453 g/mol. The van der Waals surface area contributed by atoms with E-state index in [-0.39, 0.29) is 10.8 Å². The summed E-state index contributed by atoms with van der Waals surface area (Å²) in [4.78, 5) is 12.8. The van der Waals surface area contributed by atoms with E-state index in [0.29, 0.717) is 24.5 Å². The summed E-state index contributed by atoms with van der Waals surface area (Å²) in [6, 6.07) is 20.0. The predicted molar refractivity (Wildman–Crippen MR) is 126 cm³/mol. The Morgan fingerprint density at radius 2 is 1.56 bits per heavy atom. The molecule has 1 saturated heterocycles. The molecule has 3 aromatic carbocycles. The fourth-order valence-electron chi connectivity index (χ4n) is 3.88. The summed E-state index contributed by atoms with van der Waals surface area (Å²) < 4.78 is 33.2. The number of benzene rings is 3. The lowest BCUT2D eigenvalue weighted by atomic mass is 10.1. The van der Waals surface area contributed by atoms with Crippen LogP contribution in [0.3, 0.4) is 0 Å². The van der Waals surface area contributed by atoms with Gasteiger partial charge >= 0.3 is 0 Å². The molecule has 0 bridgehead atoms. The van der Waals surface area contributed by atoms with Gasteiger partial charge in [0.1, 0.15) is 5.75 Å². The molecule has 3 aromatic rings. The van der Waals surface area contributed by atoms with Gasteiger partial charge in [-0.2, -0.15) is 4.31 Å². The number of hydrogen-bond acceptors (Lipinski definition) is 4. The summed E-state index contributed by atoms with van der Waals surface area (Å²) in [5.41, 5.74) is 0.527. The first kappa shape index (κ1) is 22.3. The molecule has 1 fully saturated rings. The van der Waals surface area contributed by atoms with Crippen LogP contribution in [0.4, 0.5) is 5.69 Å². The van der Waals surface area contributed by atoms with Crippen molar-refractivity contribution < 1.29 is 17.9 Å². The number of amides is 1. The summed E-state index contributed by atoms with van der Waals surface area (Å²) in [6.45, 7) is 2.80. The quantitative estimate of drug-likeness (QED) is 0.582. The maximum atomic E-state index is 12.9. The number of nitrogens with zero attached hydrogens (tertiary/aromatic N) is 1. The first-order valence-corrected chi connectivity index (χ1v) is 12.4. The minimum atomic E-state index is -3.51. The molecule has 4 rings (SSSR count). The monoisotopic (exact) mass is 452 g/mol. The number of rotatable bonds is 6. The van der Waals surface area contributed by atoms with Crippen molar-refractivity contribution in [3.8, 4) is 5.75 Å². The number of sulfonamides is 1. The van der Waals surface area contributed by atoms with E-state index < -0.39 is 16.1 Å². The van der Waals surface area contributed by atoms with Crippen molar-refractivity contribution in [2.45, 2.75) is 43.6 Å². The molecule has 1 N–H and O–H groups in total. The summed E-state index contributed by atoms with van der Waals surface area (Å²) in [6.07, 6.45) is 3.20. The van der Waals surface area contributed by atoms with Crippen LogP contribution < -0.4 is 10.1 Å². The molecule has 0 saturated carbocycles. The fraction of sp³-hybridized carbons (Fsp3) is 0.320. The van der Waals surface area contributed by atoms with Gasteiger partial charge in [0.2, 0.25) is 10.0 Å². The smallest absolute Gasteiger partial charge is 0.265 e. The highest BCUT2D eigenvalue weighted by Crippen LogP contribution is 2.23. The molecule has 0 spiro atoms. The molecule has 1 aliphatic rings. The molecular formula is C25H28N2O4S. The lowest BCUT2D eigenvalue weighted by molar-refractivity contribution is -0.122. The Bertz CT molecular complexity index is 1180. The molecule has 1 atom stereocenters. The Balaban J connectivity index is 1.39. The number of carbonyl (C=O) groups is 1.